The van der Waals surface area contributed by atoms with E-state index in [-0.39, 0.29) is 50.2 Å². The van der Waals surface area contributed by atoms with E-state index in [2.05, 4.69) is 10.9 Å². The van der Waals surface area contributed by atoms with Gasteiger partial charge in [0, 0.05) is 25.2 Å². The van der Waals surface area contributed by atoms with Crippen LogP contribution in [0.25, 0.3) is 0 Å². The number of furan rings is 1. The van der Waals surface area contributed by atoms with Crippen molar-refractivity contribution in [3.8, 4) is 12.3 Å². The van der Waals surface area contributed by atoms with Crippen LogP contribution in [0.15, 0.2) is 77.7 Å². The maximum Gasteiger partial charge on any atom is 0.241 e. The summed E-state index contributed by atoms with van der Waals surface area (Å²) in [6.45, 7) is 0.375. The average molecular weight is 441 g/mol. The quantitative estimate of drug-likeness (QED) is 0.397. The molecule has 0 N–H and O–H groups in total. The van der Waals surface area contributed by atoms with Crippen LogP contribution in [-0.2, 0) is 32.9 Å². The van der Waals surface area contributed by atoms with Gasteiger partial charge in [-0.2, -0.15) is 0 Å². The fourth-order valence-electron chi connectivity index (χ4n) is 4.16. The lowest BCUT2D eigenvalue weighted by Crippen LogP contribution is -2.43. The lowest BCUT2D eigenvalue weighted by atomic mass is 9.75. The van der Waals surface area contributed by atoms with Crippen molar-refractivity contribution in [1.29, 1.82) is 0 Å². The molecular weight excluding hydrogens is 418 g/mol. The van der Waals surface area contributed by atoms with Crippen molar-refractivity contribution in [2.45, 2.75) is 31.3 Å². The van der Waals surface area contributed by atoms with Gasteiger partial charge in [-0.3, -0.25) is 24.3 Å². The maximum absolute atomic E-state index is 13.7. The minimum absolute atomic E-state index is 0.0628. The molecule has 0 radical (unpaired) electrons. The molecule has 0 spiro atoms. The number of benzene rings is 1. The lowest BCUT2D eigenvalue weighted by Gasteiger charge is -2.29. The van der Waals surface area contributed by atoms with Crippen LogP contribution in [0.4, 0.5) is 0 Å². The first kappa shape index (κ1) is 22.0. The number of hydrogen-bond donors (Lipinski definition) is 0. The summed E-state index contributed by atoms with van der Waals surface area (Å²) in [6.07, 6.45) is 9.99. The smallest absolute Gasteiger partial charge is 0.241 e. The largest absolute Gasteiger partial charge is 0.467 e. The number of aromatic nitrogens is 1. The molecule has 1 saturated heterocycles. The molecule has 1 aliphatic heterocycles. The standard InChI is InChI=1S/C26H23N3O4/c1-2-14-28(19-22-9-6-15-33-22)23(30)16-26(21-7-4-3-5-8-21)17-24(31)29(25(26)32)18-20-10-12-27-13-11-20/h1,3-13,15H,14,16-19H2. The molecule has 1 atom stereocenters. The Labute approximate surface area is 192 Å². The minimum atomic E-state index is -1.29. The monoisotopic (exact) mass is 441 g/mol. The van der Waals surface area contributed by atoms with Crippen LogP contribution in [0, 0.1) is 12.3 Å². The van der Waals surface area contributed by atoms with E-state index in [1.807, 2.05) is 6.07 Å². The van der Waals surface area contributed by atoms with E-state index in [9.17, 15) is 14.4 Å². The molecule has 1 aliphatic rings. The van der Waals surface area contributed by atoms with E-state index in [0.29, 0.717) is 11.3 Å². The Balaban J connectivity index is 1.65. The molecule has 0 bridgehead atoms. The van der Waals surface area contributed by atoms with E-state index in [1.165, 1.54) is 16.1 Å². The predicted octanol–water partition coefficient (Wildman–Crippen LogP) is 2.92. The zero-order valence-corrected chi connectivity index (χ0v) is 18.0. The summed E-state index contributed by atoms with van der Waals surface area (Å²) in [6, 6.07) is 16.0. The van der Waals surface area contributed by atoms with Gasteiger partial charge in [0.2, 0.25) is 17.7 Å². The summed E-state index contributed by atoms with van der Waals surface area (Å²) < 4.78 is 5.37. The van der Waals surface area contributed by atoms with Gasteiger partial charge in [0.05, 0.1) is 31.3 Å². The molecule has 3 heterocycles. The summed E-state index contributed by atoms with van der Waals surface area (Å²) in [5, 5.41) is 0. The Morgan fingerprint density at radius 2 is 1.88 bits per heavy atom. The molecule has 0 saturated carbocycles. The fourth-order valence-corrected chi connectivity index (χ4v) is 4.16. The van der Waals surface area contributed by atoms with Crippen molar-refractivity contribution in [2.24, 2.45) is 0 Å². The number of terminal acetylenes is 1. The van der Waals surface area contributed by atoms with Gasteiger partial charge < -0.3 is 9.32 Å². The Bertz CT molecular complexity index is 1170. The number of hydrogen-bond acceptors (Lipinski definition) is 5. The first-order chi connectivity index (χ1) is 16.0. The van der Waals surface area contributed by atoms with E-state index in [1.54, 1.807) is 60.9 Å². The van der Waals surface area contributed by atoms with E-state index in [4.69, 9.17) is 10.8 Å². The van der Waals surface area contributed by atoms with Crippen molar-refractivity contribution in [3.05, 3.63) is 90.1 Å². The van der Waals surface area contributed by atoms with Crippen molar-refractivity contribution in [3.63, 3.8) is 0 Å². The molecule has 4 rings (SSSR count). The topological polar surface area (TPSA) is 83.7 Å². The minimum Gasteiger partial charge on any atom is -0.467 e. The molecule has 1 fully saturated rings. The number of pyridine rings is 1. The van der Waals surface area contributed by atoms with Crippen LogP contribution in [0.3, 0.4) is 0 Å². The molecule has 1 aromatic carbocycles. The van der Waals surface area contributed by atoms with Crippen molar-refractivity contribution >= 4 is 17.7 Å². The Kier molecular flexibility index (Phi) is 6.36. The number of carbonyl (C=O) groups excluding carboxylic acids is 3. The number of likely N-dealkylation sites (tertiary alicyclic amines) is 1. The number of rotatable bonds is 8. The average Bonchev–Trinajstić information content (AvgIpc) is 3.43. The van der Waals surface area contributed by atoms with E-state index in [0.717, 1.165) is 5.56 Å². The van der Waals surface area contributed by atoms with Crippen molar-refractivity contribution in [2.75, 3.05) is 6.54 Å². The van der Waals surface area contributed by atoms with Gasteiger partial charge in [-0.25, -0.2) is 0 Å². The van der Waals surface area contributed by atoms with Gasteiger partial charge in [0.25, 0.3) is 0 Å². The SMILES string of the molecule is C#CCN(Cc1ccco1)C(=O)CC1(c2ccccc2)CC(=O)N(Cc2ccncc2)C1=O. The summed E-state index contributed by atoms with van der Waals surface area (Å²) in [5.74, 6) is 2.06. The summed E-state index contributed by atoms with van der Waals surface area (Å²) in [5.41, 5.74) is 0.125. The molecule has 2 aromatic heterocycles. The second-order valence-electron chi connectivity index (χ2n) is 7.98. The van der Waals surface area contributed by atoms with Gasteiger partial charge in [-0.05, 0) is 35.4 Å². The first-order valence-corrected chi connectivity index (χ1v) is 10.6. The van der Waals surface area contributed by atoms with Gasteiger partial charge in [0.15, 0.2) is 0 Å². The van der Waals surface area contributed by atoms with Crippen LogP contribution >= 0.6 is 0 Å². The summed E-state index contributed by atoms with van der Waals surface area (Å²) in [4.78, 5) is 46.8. The third kappa shape index (κ3) is 4.55. The maximum atomic E-state index is 13.7. The molecule has 3 amide bonds. The van der Waals surface area contributed by atoms with E-state index < -0.39 is 5.41 Å². The van der Waals surface area contributed by atoms with Gasteiger partial charge in [-0.15, -0.1) is 6.42 Å². The molecule has 1 unspecified atom stereocenters. The Morgan fingerprint density at radius 1 is 1.12 bits per heavy atom. The molecule has 166 valence electrons. The molecule has 0 aliphatic carbocycles. The third-order valence-corrected chi connectivity index (χ3v) is 5.84. The Hall–Kier alpha value is -4.18. The molecule has 7 heteroatoms. The van der Waals surface area contributed by atoms with Crippen molar-refractivity contribution < 1.29 is 18.8 Å². The van der Waals surface area contributed by atoms with Crippen LogP contribution in [0.2, 0.25) is 0 Å². The normalized spacial score (nSPS) is 17.7. The number of carbonyl (C=O) groups is 3. The van der Waals surface area contributed by atoms with Gasteiger partial charge in [0.1, 0.15) is 5.76 Å². The lowest BCUT2D eigenvalue weighted by molar-refractivity contribution is -0.143. The second kappa shape index (κ2) is 9.53. The van der Waals surface area contributed by atoms with Crippen LogP contribution in [0.1, 0.15) is 29.7 Å². The number of nitrogens with zero attached hydrogens (tertiary/aromatic N) is 3. The molecule has 33 heavy (non-hydrogen) atoms. The highest BCUT2D eigenvalue weighted by Gasteiger charge is 2.54. The van der Waals surface area contributed by atoms with E-state index >= 15 is 0 Å². The third-order valence-electron chi connectivity index (χ3n) is 5.84. The highest BCUT2D eigenvalue weighted by molar-refractivity contribution is 6.10. The van der Waals surface area contributed by atoms with Gasteiger partial charge in [-0.1, -0.05) is 36.3 Å². The summed E-state index contributed by atoms with van der Waals surface area (Å²) in [7, 11) is 0. The zero-order valence-electron chi connectivity index (χ0n) is 18.0. The zero-order chi connectivity index (χ0) is 23.3. The fraction of sp³-hybridized carbons (Fsp3) is 0.231. The first-order valence-electron chi connectivity index (χ1n) is 10.6. The highest BCUT2D eigenvalue weighted by atomic mass is 16.3. The van der Waals surface area contributed by atoms with Crippen LogP contribution in [-0.4, -0.2) is 39.1 Å². The molecule has 7 nitrogen and oxygen atoms in total. The predicted molar refractivity (Wildman–Crippen MR) is 120 cm³/mol. The number of imide groups is 1. The second-order valence-corrected chi connectivity index (χ2v) is 7.98. The molecule has 3 aromatic rings. The van der Waals surface area contributed by atoms with Crippen LogP contribution < -0.4 is 0 Å². The number of amides is 3. The van der Waals surface area contributed by atoms with Crippen LogP contribution in [0.5, 0.6) is 0 Å². The molecular formula is C26H23N3O4. The summed E-state index contributed by atoms with van der Waals surface area (Å²) >= 11 is 0. The van der Waals surface area contributed by atoms with Gasteiger partial charge >= 0.3 is 0 Å². The Morgan fingerprint density at radius 3 is 2.55 bits per heavy atom. The van der Waals surface area contributed by atoms with Crippen molar-refractivity contribution in [1.82, 2.24) is 14.8 Å². The highest BCUT2D eigenvalue weighted by Crippen LogP contribution is 2.41.